The van der Waals surface area contributed by atoms with E-state index in [1.54, 1.807) is 6.92 Å². The van der Waals surface area contributed by atoms with Crippen LogP contribution >= 0.6 is 12.2 Å². The minimum Gasteiger partial charge on any atom is -0.494 e. The maximum atomic E-state index is 11.3. The van der Waals surface area contributed by atoms with Gasteiger partial charge in [-0.15, -0.1) is 0 Å². The van der Waals surface area contributed by atoms with Crippen molar-refractivity contribution in [2.24, 2.45) is 5.92 Å². The van der Waals surface area contributed by atoms with Crippen molar-refractivity contribution in [2.45, 2.75) is 20.8 Å². The Balaban J connectivity index is 2.89. The first-order valence-corrected chi connectivity index (χ1v) is 4.62. The van der Waals surface area contributed by atoms with Gasteiger partial charge in [0.25, 0.3) is 0 Å². The number of aliphatic hydroxyl groups is 1. The van der Waals surface area contributed by atoms with E-state index in [1.807, 2.05) is 13.8 Å². The van der Waals surface area contributed by atoms with Crippen LogP contribution in [0, 0.1) is 5.92 Å². The van der Waals surface area contributed by atoms with E-state index >= 15 is 0 Å². The summed E-state index contributed by atoms with van der Waals surface area (Å²) in [6, 6.07) is 0. The van der Waals surface area contributed by atoms with Crippen molar-refractivity contribution in [3.05, 3.63) is 11.5 Å². The highest BCUT2D eigenvalue weighted by molar-refractivity contribution is 7.82. The maximum Gasteiger partial charge on any atom is 0.221 e. The highest BCUT2D eigenvalue weighted by Crippen LogP contribution is 2.20. The first-order chi connectivity index (χ1) is 5.95. The van der Waals surface area contributed by atoms with Crippen molar-refractivity contribution >= 4 is 23.0 Å². The zero-order valence-corrected chi connectivity index (χ0v) is 8.81. The molecule has 0 fully saturated rings. The molecule has 1 aliphatic rings. The van der Waals surface area contributed by atoms with Crippen LogP contribution in [-0.4, -0.2) is 27.3 Å². The van der Waals surface area contributed by atoms with Gasteiger partial charge < -0.3 is 5.11 Å². The number of hydrogen-bond acceptors (Lipinski definition) is 3. The number of nitrogens with zero attached hydrogens (tertiary/aromatic N) is 1. The molecular formula is C9H13NO2S. The monoisotopic (exact) mass is 199 g/mol. The van der Waals surface area contributed by atoms with E-state index in [2.05, 4.69) is 0 Å². The molecule has 13 heavy (non-hydrogen) atoms. The van der Waals surface area contributed by atoms with Crippen LogP contribution in [0.2, 0.25) is 0 Å². The smallest absolute Gasteiger partial charge is 0.221 e. The first-order valence-electron chi connectivity index (χ1n) is 4.21. The van der Waals surface area contributed by atoms with Gasteiger partial charge in [0.2, 0.25) is 5.78 Å². The quantitative estimate of drug-likeness (QED) is 0.686. The molecule has 0 aromatic heterocycles. The van der Waals surface area contributed by atoms with Crippen molar-refractivity contribution in [3.8, 4) is 0 Å². The SMILES string of the molecule is CC1=C(O)N(CC(C)C)C(=S)C1=O. The van der Waals surface area contributed by atoms with Gasteiger partial charge in [0.1, 0.15) is 0 Å². The van der Waals surface area contributed by atoms with Crippen molar-refractivity contribution in [1.82, 2.24) is 4.90 Å². The molecule has 0 aromatic rings. The average Bonchev–Trinajstić information content (AvgIpc) is 2.22. The summed E-state index contributed by atoms with van der Waals surface area (Å²) < 4.78 is 0. The zero-order chi connectivity index (χ0) is 10.2. The summed E-state index contributed by atoms with van der Waals surface area (Å²) in [6.07, 6.45) is 0. The van der Waals surface area contributed by atoms with E-state index in [-0.39, 0.29) is 16.7 Å². The minimum absolute atomic E-state index is 0.0173. The minimum atomic E-state index is -0.229. The van der Waals surface area contributed by atoms with E-state index < -0.39 is 0 Å². The lowest BCUT2D eigenvalue weighted by molar-refractivity contribution is -0.109. The molecule has 72 valence electrons. The standard InChI is InChI=1S/C9H13NO2S/c1-5(2)4-10-8(12)6(3)7(11)9(10)13/h5,12H,4H2,1-3H3. The summed E-state index contributed by atoms with van der Waals surface area (Å²) in [6.45, 7) is 6.19. The summed E-state index contributed by atoms with van der Waals surface area (Å²) in [5, 5.41) is 9.54. The van der Waals surface area contributed by atoms with Crippen LogP contribution in [-0.2, 0) is 4.79 Å². The Morgan fingerprint density at radius 1 is 1.54 bits per heavy atom. The fraction of sp³-hybridized carbons (Fsp3) is 0.556. The molecule has 1 aliphatic heterocycles. The van der Waals surface area contributed by atoms with E-state index in [4.69, 9.17) is 12.2 Å². The van der Waals surface area contributed by atoms with E-state index in [9.17, 15) is 9.90 Å². The van der Waals surface area contributed by atoms with E-state index in [1.165, 1.54) is 4.90 Å². The van der Waals surface area contributed by atoms with Crippen molar-refractivity contribution in [1.29, 1.82) is 0 Å². The van der Waals surface area contributed by atoms with Crippen LogP contribution < -0.4 is 0 Å². The third-order valence-electron chi connectivity index (χ3n) is 1.92. The molecule has 0 aliphatic carbocycles. The van der Waals surface area contributed by atoms with Crippen molar-refractivity contribution < 1.29 is 9.90 Å². The van der Waals surface area contributed by atoms with Gasteiger partial charge in [0, 0.05) is 6.54 Å². The molecule has 0 saturated carbocycles. The number of rotatable bonds is 2. The van der Waals surface area contributed by atoms with Crippen molar-refractivity contribution in [3.63, 3.8) is 0 Å². The van der Waals surface area contributed by atoms with Gasteiger partial charge in [-0.3, -0.25) is 9.69 Å². The number of thiocarbonyl (C=S) groups is 1. The van der Waals surface area contributed by atoms with Crippen LogP contribution in [0.15, 0.2) is 11.5 Å². The van der Waals surface area contributed by atoms with Crippen LogP contribution in [0.1, 0.15) is 20.8 Å². The van der Waals surface area contributed by atoms with Gasteiger partial charge in [0.05, 0.1) is 5.57 Å². The molecule has 3 nitrogen and oxygen atoms in total. The number of carbonyl (C=O) groups excluding carboxylic acids is 1. The van der Waals surface area contributed by atoms with Gasteiger partial charge >= 0.3 is 0 Å². The third-order valence-corrected chi connectivity index (χ3v) is 2.32. The lowest BCUT2D eigenvalue weighted by Gasteiger charge is -2.19. The molecule has 0 amide bonds. The Bertz CT molecular complexity index is 294. The molecule has 4 heteroatoms. The maximum absolute atomic E-state index is 11.3. The predicted octanol–water partition coefficient (Wildman–Crippen LogP) is 1.64. The highest BCUT2D eigenvalue weighted by Gasteiger charge is 2.32. The molecule has 0 spiro atoms. The van der Waals surface area contributed by atoms with Crippen LogP contribution in [0.3, 0.4) is 0 Å². The van der Waals surface area contributed by atoms with Gasteiger partial charge in [-0.05, 0) is 12.8 Å². The first kappa shape index (κ1) is 10.2. The second-order valence-corrected chi connectivity index (χ2v) is 3.97. The molecule has 1 rings (SSSR count). The molecule has 1 heterocycles. The van der Waals surface area contributed by atoms with Crippen LogP contribution in [0.5, 0.6) is 0 Å². The summed E-state index contributed by atoms with van der Waals surface area (Å²) in [5.41, 5.74) is 0.352. The second-order valence-electron chi connectivity index (χ2n) is 3.59. The van der Waals surface area contributed by atoms with E-state index in [0.717, 1.165) is 0 Å². The van der Waals surface area contributed by atoms with Gasteiger partial charge in [0.15, 0.2) is 10.9 Å². The Labute approximate surface area is 83.0 Å². The van der Waals surface area contributed by atoms with E-state index in [0.29, 0.717) is 18.0 Å². The summed E-state index contributed by atoms with van der Waals surface area (Å²) in [5.74, 6) is 0.149. The van der Waals surface area contributed by atoms with Gasteiger partial charge in [-0.2, -0.15) is 0 Å². The van der Waals surface area contributed by atoms with Crippen molar-refractivity contribution in [2.75, 3.05) is 6.54 Å². The zero-order valence-electron chi connectivity index (χ0n) is 8.00. The summed E-state index contributed by atoms with van der Waals surface area (Å²) in [4.78, 5) is 13.0. The fourth-order valence-electron chi connectivity index (χ4n) is 1.22. The lowest BCUT2D eigenvalue weighted by atomic mass is 10.2. The number of hydrogen-bond donors (Lipinski definition) is 1. The number of ketones is 1. The normalized spacial score (nSPS) is 18.0. The molecule has 0 saturated heterocycles. The average molecular weight is 199 g/mol. The summed E-state index contributed by atoms with van der Waals surface area (Å²) >= 11 is 4.91. The molecule has 0 bridgehead atoms. The molecular weight excluding hydrogens is 186 g/mol. The molecule has 1 N–H and O–H groups in total. The largest absolute Gasteiger partial charge is 0.494 e. The molecule has 0 unspecified atom stereocenters. The Morgan fingerprint density at radius 3 is 2.38 bits per heavy atom. The highest BCUT2D eigenvalue weighted by atomic mass is 32.1. The fourth-order valence-corrected chi connectivity index (χ4v) is 1.53. The van der Waals surface area contributed by atoms with Crippen LogP contribution in [0.25, 0.3) is 0 Å². The Morgan fingerprint density at radius 2 is 2.08 bits per heavy atom. The molecule has 0 atom stereocenters. The Hall–Kier alpha value is -0.900. The predicted molar refractivity (Wildman–Crippen MR) is 54.5 cm³/mol. The summed E-state index contributed by atoms with van der Waals surface area (Å²) in [7, 11) is 0. The second kappa shape index (κ2) is 3.46. The van der Waals surface area contributed by atoms with Crippen LogP contribution in [0.4, 0.5) is 0 Å². The molecule has 0 radical (unpaired) electrons. The third kappa shape index (κ3) is 1.72. The number of aliphatic hydroxyl groups excluding tert-OH is 1. The van der Waals surface area contributed by atoms with Gasteiger partial charge in [-0.25, -0.2) is 0 Å². The molecule has 0 aromatic carbocycles. The van der Waals surface area contributed by atoms with Gasteiger partial charge in [-0.1, -0.05) is 26.1 Å². The Kier molecular flexibility index (Phi) is 2.71. The number of Topliss-reactive ketones (excluding diaryl/α,β-unsaturated/α-hetero) is 1. The lowest BCUT2D eigenvalue weighted by Crippen LogP contribution is -2.30. The number of carbonyl (C=O) groups is 1. The topological polar surface area (TPSA) is 40.5 Å².